The summed E-state index contributed by atoms with van der Waals surface area (Å²) in [5.74, 6) is -1.31. The highest BCUT2D eigenvalue weighted by molar-refractivity contribution is 5.94. The second-order valence-electron chi connectivity index (χ2n) is 7.33. The van der Waals surface area contributed by atoms with Gasteiger partial charge in [-0.3, -0.25) is 19.0 Å². The van der Waals surface area contributed by atoms with E-state index in [1.165, 1.54) is 35.0 Å². The average molecular weight is 462 g/mol. The van der Waals surface area contributed by atoms with Crippen molar-refractivity contribution in [3.63, 3.8) is 0 Å². The predicted molar refractivity (Wildman–Crippen MR) is 115 cm³/mol. The maximum Gasteiger partial charge on any atom is 0.573 e. The SMILES string of the molecule is Cc1cccc2c(=O)n(CCC(=O)N(C)CC(=O)Nc3ccc(OC(F)(F)F)cc3)cnc12. The van der Waals surface area contributed by atoms with Crippen LogP contribution in [0.2, 0.25) is 0 Å². The van der Waals surface area contributed by atoms with Crippen molar-refractivity contribution in [3.8, 4) is 5.75 Å². The van der Waals surface area contributed by atoms with Crippen LogP contribution in [-0.4, -0.2) is 46.2 Å². The Morgan fingerprint density at radius 2 is 1.85 bits per heavy atom. The first kappa shape index (κ1) is 23.8. The first-order valence-electron chi connectivity index (χ1n) is 9.88. The Hall–Kier alpha value is -3.89. The van der Waals surface area contributed by atoms with E-state index < -0.39 is 18.0 Å². The Morgan fingerprint density at radius 3 is 2.52 bits per heavy atom. The van der Waals surface area contributed by atoms with Crippen LogP contribution in [0.15, 0.2) is 53.6 Å². The fourth-order valence-electron chi connectivity index (χ4n) is 3.15. The summed E-state index contributed by atoms with van der Waals surface area (Å²) in [6, 6.07) is 9.92. The van der Waals surface area contributed by atoms with Gasteiger partial charge in [0, 0.05) is 25.7 Å². The van der Waals surface area contributed by atoms with Gasteiger partial charge in [-0.15, -0.1) is 13.2 Å². The largest absolute Gasteiger partial charge is 0.573 e. The fraction of sp³-hybridized carbons (Fsp3) is 0.273. The van der Waals surface area contributed by atoms with Crippen molar-refractivity contribution in [2.24, 2.45) is 0 Å². The molecule has 2 aromatic carbocycles. The van der Waals surface area contributed by atoms with E-state index in [-0.39, 0.29) is 36.7 Å². The third-order valence-corrected chi connectivity index (χ3v) is 4.80. The lowest BCUT2D eigenvalue weighted by Crippen LogP contribution is -2.35. The summed E-state index contributed by atoms with van der Waals surface area (Å²) in [6.45, 7) is 1.68. The lowest BCUT2D eigenvalue weighted by molar-refractivity contribution is -0.274. The van der Waals surface area contributed by atoms with E-state index in [0.717, 1.165) is 17.7 Å². The molecule has 11 heteroatoms. The van der Waals surface area contributed by atoms with Crippen LogP contribution >= 0.6 is 0 Å². The number of fused-ring (bicyclic) bond motifs is 1. The van der Waals surface area contributed by atoms with E-state index in [4.69, 9.17) is 0 Å². The summed E-state index contributed by atoms with van der Waals surface area (Å²) in [5.41, 5.74) is 1.48. The van der Waals surface area contributed by atoms with Crippen LogP contribution in [0.1, 0.15) is 12.0 Å². The molecule has 3 rings (SSSR count). The number of carbonyl (C=O) groups is 2. The van der Waals surface area contributed by atoms with Crippen molar-refractivity contribution in [2.45, 2.75) is 26.3 Å². The van der Waals surface area contributed by atoms with Gasteiger partial charge in [0.1, 0.15) is 5.75 Å². The molecule has 0 aliphatic rings. The molecule has 0 saturated carbocycles. The monoisotopic (exact) mass is 462 g/mol. The van der Waals surface area contributed by atoms with E-state index in [1.807, 2.05) is 13.0 Å². The van der Waals surface area contributed by atoms with E-state index >= 15 is 0 Å². The molecular formula is C22H21F3N4O4. The topological polar surface area (TPSA) is 93.5 Å². The first-order valence-corrected chi connectivity index (χ1v) is 9.88. The zero-order valence-corrected chi connectivity index (χ0v) is 17.8. The van der Waals surface area contributed by atoms with Crippen LogP contribution in [0.25, 0.3) is 10.9 Å². The zero-order chi connectivity index (χ0) is 24.2. The molecule has 33 heavy (non-hydrogen) atoms. The molecule has 0 aliphatic carbocycles. The van der Waals surface area contributed by atoms with Gasteiger partial charge in [0.2, 0.25) is 11.8 Å². The number of alkyl halides is 3. The molecule has 0 atom stereocenters. The molecule has 1 heterocycles. The maximum absolute atomic E-state index is 12.6. The van der Waals surface area contributed by atoms with Crippen LogP contribution < -0.4 is 15.6 Å². The average Bonchev–Trinajstić information content (AvgIpc) is 2.74. The number of likely N-dealkylation sites (N-methyl/N-ethyl adjacent to an activating group) is 1. The van der Waals surface area contributed by atoms with Gasteiger partial charge in [-0.2, -0.15) is 0 Å². The molecule has 8 nitrogen and oxygen atoms in total. The third-order valence-electron chi connectivity index (χ3n) is 4.80. The van der Waals surface area contributed by atoms with E-state index in [0.29, 0.717) is 10.9 Å². The van der Waals surface area contributed by atoms with Crippen molar-refractivity contribution in [1.29, 1.82) is 0 Å². The molecule has 0 aliphatic heterocycles. The normalized spacial score (nSPS) is 11.3. The minimum Gasteiger partial charge on any atom is -0.406 e. The molecular weight excluding hydrogens is 441 g/mol. The van der Waals surface area contributed by atoms with Gasteiger partial charge in [-0.1, -0.05) is 12.1 Å². The number of carbonyl (C=O) groups excluding carboxylic acids is 2. The van der Waals surface area contributed by atoms with Gasteiger partial charge in [-0.25, -0.2) is 4.98 Å². The number of ether oxygens (including phenoxy) is 1. The van der Waals surface area contributed by atoms with Crippen molar-refractivity contribution in [3.05, 3.63) is 64.7 Å². The smallest absolute Gasteiger partial charge is 0.406 e. The number of rotatable bonds is 7. The molecule has 3 aromatic rings. The second kappa shape index (κ2) is 9.72. The molecule has 1 aromatic heterocycles. The number of hydrogen-bond donors (Lipinski definition) is 1. The predicted octanol–water partition coefficient (Wildman–Crippen LogP) is 3.09. The Bertz CT molecular complexity index is 1220. The highest BCUT2D eigenvalue weighted by atomic mass is 19.4. The molecule has 174 valence electrons. The number of nitrogens with zero attached hydrogens (tertiary/aromatic N) is 3. The summed E-state index contributed by atoms with van der Waals surface area (Å²) in [5, 5.41) is 2.95. The van der Waals surface area contributed by atoms with Crippen molar-refractivity contribution in [2.75, 3.05) is 18.9 Å². The van der Waals surface area contributed by atoms with Crippen LogP contribution in [0.3, 0.4) is 0 Å². The summed E-state index contributed by atoms with van der Waals surface area (Å²) in [6.07, 6.45) is -3.43. The third kappa shape index (κ3) is 6.31. The standard InChI is InChI=1S/C22H21F3N4O4/c1-14-4-3-5-17-20(14)26-13-29(21(17)32)11-10-19(31)28(2)12-18(30)27-15-6-8-16(9-7-15)33-22(23,24)25/h3-9,13H,10-12H2,1-2H3,(H,27,30). The van der Waals surface area contributed by atoms with Gasteiger partial charge in [0.05, 0.1) is 23.8 Å². The molecule has 2 amide bonds. The number of anilines is 1. The second-order valence-corrected chi connectivity index (χ2v) is 7.33. The summed E-state index contributed by atoms with van der Waals surface area (Å²) >= 11 is 0. The van der Waals surface area contributed by atoms with Crippen LogP contribution in [0.5, 0.6) is 5.75 Å². The van der Waals surface area contributed by atoms with Gasteiger partial charge >= 0.3 is 6.36 Å². The molecule has 1 N–H and O–H groups in total. The zero-order valence-electron chi connectivity index (χ0n) is 17.8. The number of halogens is 3. The number of nitrogens with one attached hydrogen (secondary N) is 1. The Labute approximate surface area is 186 Å². The Balaban J connectivity index is 1.53. The van der Waals surface area contributed by atoms with Gasteiger partial charge in [-0.05, 0) is 42.8 Å². The molecule has 0 spiro atoms. The van der Waals surface area contributed by atoms with Crippen molar-refractivity contribution in [1.82, 2.24) is 14.5 Å². The fourth-order valence-corrected chi connectivity index (χ4v) is 3.15. The summed E-state index contributed by atoms with van der Waals surface area (Å²) in [4.78, 5) is 42.7. The van der Waals surface area contributed by atoms with Crippen LogP contribution in [0.4, 0.5) is 18.9 Å². The molecule has 0 unspecified atom stereocenters. The van der Waals surface area contributed by atoms with Gasteiger partial charge in [0.25, 0.3) is 5.56 Å². The minimum atomic E-state index is -4.80. The highest BCUT2D eigenvalue weighted by Crippen LogP contribution is 2.23. The molecule has 0 saturated heterocycles. The van der Waals surface area contributed by atoms with Crippen LogP contribution in [-0.2, 0) is 16.1 Å². The number of hydrogen-bond acceptors (Lipinski definition) is 5. The minimum absolute atomic E-state index is 0.0217. The van der Waals surface area contributed by atoms with E-state index in [1.54, 1.807) is 12.1 Å². The van der Waals surface area contributed by atoms with Gasteiger partial charge < -0.3 is 15.0 Å². The molecule has 0 fully saturated rings. The van der Waals surface area contributed by atoms with E-state index in [9.17, 15) is 27.6 Å². The van der Waals surface area contributed by atoms with Crippen molar-refractivity contribution >= 4 is 28.4 Å². The quantitative estimate of drug-likeness (QED) is 0.583. The van der Waals surface area contributed by atoms with Gasteiger partial charge in [0.15, 0.2) is 0 Å². The number of aryl methyl sites for hydroxylation is 2. The number of para-hydroxylation sites is 1. The number of amides is 2. The van der Waals surface area contributed by atoms with E-state index in [2.05, 4.69) is 15.0 Å². The summed E-state index contributed by atoms with van der Waals surface area (Å²) in [7, 11) is 1.44. The summed E-state index contributed by atoms with van der Waals surface area (Å²) < 4.78 is 41.7. The Morgan fingerprint density at radius 1 is 1.15 bits per heavy atom. The lowest BCUT2D eigenvalue weighted by Gasteiger charge is -2.17. The Kier molecular flexibility index (Phi) is 7.00. The molecule has 0 bridgehead atoms. The maximum atomic E-state index is 12.6. The first-order chi connectivity index (χ1) is 15.5. The number of benzene rings is 2. The number of aromatic nitrogens is 2. The lowest BCUT2D eigenvalue weighted by atomic mass is 10.1. The van der Waals surface area contributed by atoms with Crippen LogP contribution in [0, 0.1) is 6.92 Å². The molecule has 0 radical (unpaired) electrons. The highest BCUT2D eigenvalue weighted by Gasteiger charge is 2.31. The van der Waals surface area contributed by atoms with Crippen molar-refractivity contribution < 1.29 is 27.5 Å².